The van der Waals surface area contributed by atoms with E-state index >= 15 is 0 Å². The van der Waals surface area contributed by atoms with E-state index in [-0.39, 0.29) is 25.2 Å². The predicted octanol–water partition coefficient (Wildman–Crippen LogP) is -1.49. The SMILES string of the molecule is NC(=O)CN(CC(=O)NC(=O)NC1CC1)C1CCNCC1. The number of carbonyl (C=O) groups excluding carboxylic acids is 3. The molecule has 1 aliphatic heterocycles. The lowest BCUT2D eigenvalue weighted by molar-refractivity contribution is -0.124. The van der Waals surface area contributed by atoms with E-state index in [1.165, 1.54) is 0 Å². The molecule has 8 heteroatoms. The molecule has 5 N–H and O–H groups in total. The summed E-state index contributed by atoms with van der Waals surface area (Å²) in [5, 5.41) is 8.21. The van der Waals surface area contributed by atoms with Crippen LogP contribution in [0.2, 0.25) is 0 Å². The number of hydrogen-bond donors (Lipinski definition) is 4. The summed E-state index contributed by atoms with van der Waals surface area (Å²) in [6, 6.07) is -0.133. The van der Waals surface area contributed by atoms with Crippen molar-refractivity contribution in [2.75, 3.05) is 26.2 Å². The van der Waals surface area contributed by atoms with Gasteiger partial charge >= 0.3 is 6.03 Å². The van der Waals surface area contributed by atoms with Gasteiger partial charge in [0.05, 0.1) is 13.1 Å². The molecule has 0 aromatic carbocycles. The maximum atomic E-state index is 11.9. The summed E-state index contributed by atoms with van der Waals surface area (Å²) in [5.41, 5.74) is 5.24. The molecule has 0 spiro atoms. The van der Waals surface area contributed by atoms with E-state index in [4.69, 9.17) is 5.73 Å². The Kier molecular flexibility index (Phi) is 5.51. The molecule has 0 atom stereocenters. The van der Waals surface area contributed by atoms with Crippen LogP contribution < -0.4 is 21.7 Å². The van der Waals surface area contributed by atoms with E-state index in [1.807, 2.05) is 0 Å². The maximum absolute atomic E-state index is 11.9. The standard InChI is InChI=1S/C13H23N5O3/c14-11(19)7-18(10-3-5-15-6-4-10)8-12(20)17-13(21)16-9-1-2-9/h9-10,15H,1-8H2,(H2,14,19)(H2,16,17,20,21). The Morgan fingerprint density at radius 1 is 1.10 bits per heavy atom. The Morgan fingerprint density at radius 3 is 2.33 bits per heavy atom. The Hall–Kier alpha value is -1.67. The third-order valence-electron chi connectivity index (χ3n) is 3.70. The summed E-state index contributed by atoms with van der Waals surface area (Å²) >= 11 is 0. The highest BCUT2D eigenvalue weighted by Gasteiger charge is 2.26. The van der Waals surface area contributed by atoms with Gasteiger partial charge in [-0.25, -0.2) is 4.79 Å². The molecule has 2 fully saturated rings. The fourth-order valence-electron chi connectivity index (χ4n) is 2.49. The number of nitrogens with one attached hydrogen (secondary N) is 3. The monoisotopic (exact) mass is 297 g/mol. The van der Waals surface area contributed by atoms with E-state index in [2.05, 4.69) is 16.0 Å². The van der Waals surface area contributed by atoms with Gasteiger partial charge in [0.25, 0.3) is 0 Å². The van der Waals surface area contributed by atoms with Gasteiger partial charge in [-0.2, -0.15) is 0 Å². The largest absolute Gasteiger partial charge is 0.369 e. The topological polar surface area (TPSA) is 117 Å². The number of carbonyl (C=O) groups is 3. The first-order valence-electron chi connectivity index (χ1n) is 7.38. The van der Waals surface area contributed by atoms with Crippen LogP contribution in [0.15, 0.2) is 0 Å². The molecule has 0 aromatic heterocycles. The van der Waals surface area contributed by atoms with Crippen LogP contribution in [0.25, 0.3) is 0 Å². The van der Waals surface area contributed by atoms with Crippen molar-refractivity contribution < 1.29 is 14.4 Å². The van der Waals surface area contributed by atoms with E-state index in [0.717, 1.165) is 38.8 Å². The van der Waals surface area contributed by atoms with Crippen LogP contribution in [0.5, 0.6) is 0 Å². The number of nitrogens with zero attached hydrogens (tertiary/aromatic N) is 1. The van der Waals surface area contributed by atoms with Crippen molar-refractivity contribution in [3.63, 3.8) is 0 Å². The third-order valence-corrected chi connectivity index (χ3v) is 3.70. The maximum Gasteiger partial charge on any atom is 0.321 e. The molecule has 2 rings (SSSR count). The van der Waals surface area contributed by atoms with Crippen molar-refractivity contribution in [2.45, 2.75) is 37.8 Å². The first kappa shape index (κ1) is 15.7. The number of piperidine rings is 1. The Balaban J connectivity index is 1.82. The lowest BCUT2D eigenvalue weighted by atomic mass is 10.0. The molecule has 1 aliphatic carbocycles. The number of nitrogens with two attached hydrogens (primary N) is 1. The average molecular weight is 297 g/mol. The summed E-state index contributed by atoms with van der Waals surface area (Å²) in [5.74, 6) is -0.878. The van der Waals surface area contributed by atoms with Gasteiger partial charge in [-0.3, -0.25) is 19.8 Å². The number of urea groups is 1. The number of imide groups is 1. The van der Waals surface area contributed by atoms with Gasteiger partial charge in [0, 0.05) is 12.1 Å². The molecule has 21 heavy (non-hydrogen) atoms. The number of rotatable bonds is 6. The van der Waals surface area contributed by atoms with E-state index in [9.17, 15) is 14.4 Å². The number of amides is 4. The molecule has 118 valence electrons. The van der Waals surface area contributed by atoms with Crippen molar-refractivity contribution in [1.29, 1.82) is 0 Å². The molecule has 1 saturated carbocycles. The molecular formula is C13H23N5O3. The van der Waals surface area contributed by atoms with Gasteiger partial charge in [0.1, 0.15) is 0 Å². The molecule has 4 amide bonds. The van der Waals surface area contributed by atoms with Crippen LogP contribution >= 0.6 is 0 Å². The molecular weight excluding hydrogens is 274 g/mol. The Labute approximate surface area is 123 Å². The number of primary amides is 1. The van der Waals surface area contributed by atoms with Gasteiger partial charge in [-0.1, -0.05) is 0 Å². The van der Waals surface area contributed by atoms with Gasteiger partial charge in [0.15, 0.2) is 0 Å². The van der Waals surface area contributed by atoms with Gasteiger partial charge < -0.3 is 16.4 Å². The van der Waals surface area contributed by atoms with Crippen LogP contribution in [0, 0.1) is 0 Å². The fourth-order valence-corrected chi connectivity index (χ4v) is 2.49. The second kappa shape index (κ2) is 7.37. The lowest BCUT2D eigenvalue weighted by Gasteiger charge is -2.33. The molecule has 0 bridgehead atoms. The van der Waals surface area contributed by atoms with E-state index in [1.54, 1.807) is 4.90 Å². The normalized spacial score (nSPS) is 19.3. The molecule has 1 heterocycles. The van der Waals surface area contributed by atoms with Crippen molar-refractivity contribution >= 4 is 17.8 Å². The molecule has 8 nitrogen and oxygen atoms in total. The Morgan fingerprint density at radius 2 is 1.76 bits per heavy atom. The third kappa shape index (κ3) is 5.68. The van der Waals surface area contributed by atoms with Crippen LogP contribution in [-0.2, 0) is 9.59 Å². The van der Waals surface area contributed by atoms with E-state index < -0.39 is 17.8 Å². The molecule has 0 aromatic rings. The van der Waals surface area contributed by atoms with Gasteiger partial charge in [0.2, 0.25) is 11.8 Å². The molecule has 0 radical (unpaired) electrons. The van der Waals surface area contributed by atoms with Crippen molar-refractivity contribution in [3.8, 4) is 0 Å². The van der Waals surface area contributed by atoms with Crippen LogP contribution in [0.3, 0.4) is 0 Å². The summed E-state index contributed by atoms with van der Waals surface area (Å²) in [7, 11) is 0. The molecule has 1 saturated heterocycles. The van der Waals surface area contributed by atoms with Crippen LogP contribution in [-0.4, -0.2) is 61.0 Å². The highest BCUT2D eigenvalue weighted by atomic mass is 16.2. The summed E-state index contributed by atoms with van der Waals surface area (Å²) in [4.78, 5) is 36.3. The van der Waals surface area contributed by atoms with E-state index in [0.29, 0.717) is 0 Å². The van der Waals surface area contributed by atoms with Crippen molar-refractivity contribution in [1.82, 2.24) is 20.9 Å². The lowest BCUT2D eigenvalue weighted by Crippen LogP contribution is -2.51. The first-order chi connectivity index (χ1) is 10.0. The quantitative estimate of drug-likeness (QED) is 0.477. The second-order valence-corrected chi connectivity index (χ2v) is 5.65. The smallest absolute Gasteiger partial charge is 0.321 e. The van der Waals surface area contributed by atoms with Crippen LogP contribution in [0.1, 0.15) is 25.7 Å². The zero-order valence-electron chi connectivity index (χ0n) is 12.1. The summed E-state index contributed by atoms with van der Waals surface area (Å²) < 4.78 is 0. The molecule has 2 aliphatic rings. The molecule has 0 unspecified atom stereocenters. The predicted molar refractivity (Wildman–Crippen MR) is 76.4 cm³/mol. The van der Waals surface area contributed by atoms with Crippen molar-refractivity contribution in [3.05, 3.63) is 0 Å². The van der Waals surface area contributed by atoms with Crippen molar-refractivity contribution in [2.24, 2.45) is 5.73 Å². The minimum Gasteiger partial charge on any atom is -0.369 e. The zero-order chi connectivity index (χ0) is 15.2. The Bertz CT molecular complexity index is 405. The highest BCUT2D eigenvalue weighted by molar-refractivity contribution is 5.95. The fraction of sp³-hybridized carbons (Fsp3) is 0.769. The first-order valence-corrected chi connectivity index (χ1v) is 7.38. The van der Waals surface area contributed by atoms with Gasteiger partial charge in [-0.05, 0) is 38.8 Å². The average Bonchev–Trinajstić information content (AvgIpc) is 3.22. The number of hydrogen-bond acceptors (Lipinski definition) is 5. The van der Waals surface area contributed by atoms with Gasteiger partial charge in [-0.15, -0.1) is 0 Å². The highest BCUT2D eigenvalue weighted by Crippen LogP contribution is 2.18. The summed E-state index contributed by atoms with van der Waals surface area (Å²) in [6.45, 7) is 1.74. The van der Waals surface area contributed by atoms with Crippen LogP contribution in [0.4, 0.5) is 4.79 Å². The summed E-state index contributed by atoms with van der Waals surface area (Å²) in [6.07, 6.45) is 3.64. The minimum absolute atomic E-state index is 0.00565. The minimum atomic E-state index is -0.469. The zero-order valence-corrected chi connectivity index (χ0v) is 12.1. The second-order valence-electron chi connectivity index (χ2n) is 5.65.